The van der Waals surface area contributed by atoms with Crippen molar-refractivity contribution in [3.8, 4) is 22.5 Å². The van der Waals surface area contributed by atoms with Crippen molar-refractivity contribution in [3.05, 3.63) is 78.1 Å². The van der Waals surface area contributed by atoms with E-state index in [1.165, 1.54) is 33.0 Å². The maximum absolute atomic E-state index is 5.56. The smallest absolute Gasteiger partial charge is 0.0796 e. The van der Waals surface area contributed by atoms with Gasteiger partial charge in [-0.05, 0) is 31.0 Å². The summed E-state index contributed by atoms with van der Waals surface area (Å²) < 4.78 is 5.56. The molecule has 1 aromatic heterocycles. The van der Waals surface area contributed by atoms with E-state index >= 15 is 0 Å². The van der Waals surface area contributed by atoms with Crippen LogP contribution in [0.15, 0.2) is 71.3 Å². The van der Waals surface area contributed by atoms with Gasteiger partial charge < -0.3 is 4.42 Å². The summed E-state index contributed by atoms with van der Waals surface area (Å²) in [6.07, 6.45) is 1.72. The van der Waals surface area contributed by atoms with Crippen molar-refractivity contribution in [1.82, 2.24) is 0 Å². The molecule has 0 fully saturated rings. The molecule has 0 aliphatic carbocycles. The number of hydrogen-bond acceptors (Lipinski definition) is 1. The van der Waals surface area contributed by atoms with Crippen LogP contribution < -0.4 is 0 Å². The van der Waals surface area contributed by atoms with Crippen molar-refractivity contribution >= 4 is 10.8 Å². The summed E-state index contributed by atoms with van der Waals surface area (Å²) in [5.74, 6) is 0.922. The molecule has 0 saturated heterocycles. The molecule has 0 aliphatic rings. The van der Waals surface area contributed by atoms with Crippen molar-refractivity contribution in [2.45, 2.75) is 13.8 Å². The Bertz CT molecular complexity index is 931. The average Bonchev–Trinajstić information content (AvgIpc) is 3.18. The van der Waals surface area contributed by atoms with Gasteiger partial charge in [-0.1, -0.05) is 53.1 Å². The van der Waals surface area contributed by atoms with E-state index in [9.17, 15) is 0 Å². The third kappa shape index (κ3) is 2.77. The number of benzene rings is 2. The van der Waals surface area contributed by atoms with Crippen molar-refractivity contribution in [1.29, 1.82) is 0 Å². The first-order valence-electron chi connectivity index (χ1n) is 7.54. The van der Waals surface area contributed by atoms with Crippen LogP contribution in [-0.4, -0.2) is 0 Å². The summed E-state index contributed by atoms with van der Waals surface area (Å²) in [6.45, 7) is 4.39. The summed E-state index contributed by atoms with van der Waals surface area (Å²) in [7, 11) is 0. The summed E-state index contributed by atoms with van der Waals surface area (Å²) in [5.41, 5.74) is 6.40. The molecule has 3 aromatic carbocycles. The molecule has 0 saturated carbocycles. The minimum Gasteiger partial charge on any atom is -0.499 e. The number of aryl methyl sites for hydroxylation is 1. The maximum atomic E-state index is 5.56. The van der Waals surface area contributed by atoms with Gasteiger partial charge in [0.25, 0.3) is 0 Å². The van der Waals surface area contributed by atoms with Crippen LogP contribution in [-0.2, 0) is 26.2 Å². The van der Waals surface area contributed by atoms with E-state index in [0.717, 1.165) is 11.3 Å². The van der Waals surface area contributed by atoms with Crippen LogP contribution in [0.2, 0.25) is 0 Å². The fourth-order valence-corrected chi connectivity index (χ4v) is 3.16. The molecular formula is C21H17OZr-. The van der Waals surface area contributed by atoms with E-state index in [4.69, 9.17) is 4.42 Å². The Morgan fingerprint density at radius 2 is 1.70 bits per heavy atom. The van der Waals surface area contributed by atoms with Crippen molar-refractivity contribution in [3.63, 3.8) is 0 Å². The van der Waals surface area contributed by atoms with Crippen LogP contribution in [0, 0.1) is 13.8 Å². The monoisotopic (exact) mass is 375 g/mol. The Hall–Kier alpha value is -1.79. The van der Waals surface area contributed by atoms with Crippen LogP contribution in [0.4, 0.5) is 0 Å². The fraction of sp³-hybridized carbons (Fsp3) is 0.0952. The normalized spacial score (nSPS) is 10.7. The quantitative estimate of drug-likeness (QED) is 0.385. The second kappa shape index (κ2) is 6.37. The van der Waals surface area contributed by atoms with Gasteiger partial charge in [0.2, 0.25) is 0 Å². The predicted octanol–water partition coefficient (Wildman–Crippen LogP) is 6.10. The van der Waals surface area contributed by atoms with Gasteiger partial charge in [-0.2, -0.15) is 0 Å². The summed E-state index contributed by atoms with van der Waals surface area (Å²) in [4.78, 5) is 0. The Labute approximate surface area is 155 Å². The topological polar surface area (TPSA) is 13.1 Å². The van der Waals surface area contributed by atoms with Gasteiger partial charge in [0.05, 0.1) is 12.0 Å². The predicted molar refractivity (Wildman–Crippen MR) is 92.2 cm³/mol. The van der Waals surface area contributed by atoms with E-state index in [0.29, 0.717) is 0 Å². The third-order valence-electron chi connectivity index (χ3n) is 4.40. The Morgan fingerprint density at radius 1 is 0.913 bits per heavy atom. The molecule has 1 nitrogen and oxygen atoms in total. The minimum atomic E-state index is 0. The van der Waals surface area contributed by atoms with Crippen molar-refractivity contribution in [2.24, 2.45) is 0 Å². The molecule has 0 N–H and O–H groups in total. The zero-order chi connectivity index (χ0) is 15.1. The van der Waals surface area contributed by atoms with Crippen LogP contribution >= 0.6 is 0 Å². The summed E-state index contributed by atoms with van der Waals surface area (Å²) >= 11 is 0. The molecule has 0 amide bonds. The number of furan rings is 1. The molecule has 0 spiro atoms. The average molecular weight is 377 g/mol. The van der Waals surface area contributed by atoms with Crippen LogP contribution in [0.1, 0.15) is 11.1 Å². The standard InChI is InChI=1S/C21H17O.Zr/c1-14-11-17-12-18(20-9-6-10-22-20)13-19(17)21(15(14)2)16-7-4-3-5-8-16;/h3-13H,1-2H3;/q-1;. The summed E-state index contributed by atoms with van der Waals surface area (Å²) in [5, 5.41) is 2.56. The molecule has 4 rings (SSSR count). The number of rotatable bonds is 2. The summed E-state index contributed by atoms with van der Waals surface area (Å²) in [6, 6.07) is 21.3. The van der Waals surface area contributed by atoms with E-state index in [-0.39, 0.29) is 26.2 Å². The first kappa shape index (κ1) is 16.1. The second-order valence-electron chi connectivity index (χ2n) is 5.78. The van der Waals surface area contributed by atoms with Crippen molar-refractivity contribution < 1.29 is 30.6 Å². The van der Waals surface area contributed by atoms with E-state index in [1.807, 2.05) is 12.1 Å². The largest absolute Gasteiger partial charge is 0.499 e. The molecule has 2 heteroatoms. The van der Waals surface area contributed by atoms with E-state index in [1.54, 1.807) is 6.26 Å². The maximum Gasteiger partial charge on any atom is 0.0796 e. The third-order valence-corrected chi connectivity index (χ3v) is 4.40. The second-order valence-corrected chi connectivity index (χ2v) is 5.78. The zero-order valence-corrected chi connectivity index (χ0v) is 15.7. The Morgan fingerprint density at radius 3 is 2.39 bits per heavy atom. The van der Waals surface area contributed by atoms with E-state index < -0.39 is 0 Å². The van der Waals surface area contributed by atoms with Gasteiger partial charge >= 0.3 is 0 Å². The van der Waals surface area contributed by atoms with Gasteiger partial charge in [0.15, 0.2) is 0 Å². The van der Waals surface area contributed by atoms with Crippen LogP contribution in [0.5, 0.6) is 0 Å². The molecule has 0 radical (unpaired) electrons. The van der Waals surface area contributed by atoms with Crippen LogP contribution in [0.25, 0.3) is 33.2 Å². The minimum absolute atomic E-state index is 0. The molecule has 0 bridgehead atoms. The zero-order valence-electron chi connectivity index (χ0n) is 13.3. The molecular weight excluding hydrogens is 359 g/mol. The van der Waals surface area contributed by atoms with Crippen molar-refractivity contribution in [2.75, 3.05) is 0 Å². The van der Waals surface area contributed by atoms with Gasteiger partial charge in [-0.25, -0.2) is 0 Å². The number of hydrogen-bond donors (Lipinski definition) is 0. The van der Waals surface area contributed by atoms with Gasteiger partial charge in [0, 0.05) is 26.2 Å². The van der Waals surface area contributed by atoms with E-state index in [2.05, 4.69) is 62.4 Å². The molecule has 0 atom stereocenters. The fourth-order valence-electron chi connectivity index (χ4n) is 3.16. The Kier molecular flexibility index (Phi) is 4.46. The molecule has 1 heterocycles. The molecule has 0 unspecified atom stereocenters. The SMILES string of the molecule is Cc1cc2[cH-]c(-c3ccco3)cc2c(-c2ccccc2)c1C.[Zr]. The molecule has 112 valence electrons. The molecule has 0 aliphatic heterocycles. The Balaban J connectivity index is 0.00000156. The number of fused-ring (bicyclic) bond motifs is 1. The van der Waals surface area contributed by atoms with Gasteiger partial charge in [0.1, 0.15) is 0 Å². The molecule has 23 heavy (non-hydrogen) atoms. The first-order chi connectivity index (χ1) is 10.7. The van der Waals surface area contributed by atoms with Gasteiger partial charge in [-0.3, -0.25) is 0 Å². The van der Waals surface area contributed by atoms with Gasteiger partial charge in [-0.15, -0.1) is 29.0 Å². The first-order valence-corrected chi connectivity index (χ1v) is 7.54. The van der Waals surface area contributed by atoms with Crippen LogP contribution in [0.3, 0.4) is 0 Å². The molecule has 4 aromatic rings.